The van der Waals surface area contributed by atoms with Gasteiger partial charge in [-0.2, -0.15) is 12.6 Å². The molecule has 7 heteroatoms. The highest BCUT2D eigenvalue weighted by Gasteiger charge is 2.38. The van der Waals surface area contributed by atoms with E-state index in [0.717, 1.165) is 0 Å². The van der Waals surface area contributed by atoms with Crippen LogP contribution in [0.1, 0.15) is 0 Å². The normalized spacial score (nSPS) is 22.6. The fourth-order valence-electron chi connectivity index (χ4n) is 0.823. The highest BCUT2D eigenvalue weighted by Crippen LogP contribution is 2.20. The number of ether oxygens (including phenoxy) is 1. The molecule has 0 fully saturated rings. The molecule has 0 spiro atoms. The van der Waals surface area contributed by atoms with E-state index >= 15 is 0 Å². The molecule has 1 aliphatic rings. The van der Waals surface area contributed by atoms with E-state index < -0.39 is 36.3 Å². The number of thiol groups is 1. The van der Waals surface area contributed by atoms with Crippen molar-refractivity contribution in [2.75, 3.05) is 12.9 Å². The Morgan fingerprint density at radius 3 is 2.29 bits per heavy atom. The minimum absolute atomic E-state index is 0.671. The van der Waals surface area contributed by atoms with E-state index in [0.29, 0.717) is 0 Å². The van der Waals surface area contributed by atoms with E-state index in [-0.39, 0.29) is 0 Å². The Hall–Kier alpha value is -0.920. The largest absolute Gasteiger partial charge is 0.505 e. The zero-order valence-electron chi connectivity index (χ0n) is 7.41. The summed E-state index contributed by atoms with van der Waals surface area (Å²) in [4.78, 5) is 10.5. The van der Waals surface area contributed by atoms with Crippen molar-refractivity contribution in [3.63, 3.8) is 0 Å². The second kappa shape index (κ2) is 5.74. The number of rotatable bonds is 2. The van der Waals surface area contributed by atoms with Crippen LogP contribution in [-0.2, 0) is 9.53 Å². The number of hydrogen-bond acceptors (Lipinski definition) is 7. The first kappa shape index (κ1) is 13.1. The average molecular weight is 224 g/mol. The molecule has 0 aromatic heterocycles. The zero-order valence-corrected chi connectivity index (χ0v) is 8.31. The molecule has 0 saturated carbocycles. The summed E-state index contributed by atoms with van der Waals surface area (Å²) in [7, 11) is 0. The van der Waals surface area contributed by atoms with Crippen molar-refractivity contribution < 1.29 is 30.0 Å². The molecule has 0 saturated heterocycles. The molecule has 0 aliphatic carbocycles. The predicted molar refractivity (Wildman–Crippen MR) is 50.2 cm³/mol. The fraction of sp³-hybridized carbons (Fsp3) is 0.571. The van der Waals surface area contributed by atoms with Gasteiger partial charge in [0.1, 0.15) is 6.10 Å². The van der Waals surface area contributed by atoms with Crippen LogP contribution in [0.25, 0.3) is 0 Å². The lowest BCUT2D eigenvalue weighted by Gasteiger charge is -2.13. The number of carbonyl (C=O) groups is 1. The zero-order chi connectivity index (χ0) is 11.3. The van der Waals surface area contributed by atoms with Gasteiger partial charge in [0.2, 0.25) is 5.76 Å². The first-order valence-corrected chi connectivity index (χ1v) is 4.54. The first-order chi connectivity index (χ1) is 6.57. The van der Waals surface area contributed by atoms with Gasteiger partial charge < -0.3 is 25.2 Å². The van der Waals surface area contributed by atoms with Gasteiger partial charge in [-0.05, 0) is 6.26 Å². The van der Waals surface area contributed by atoms with Gasteiger partial charge >= 0.3 is 5.97 Å². The van der Waals surface area contributed by atoms with Crippen LogP contribution in [0.3, 0.4) is 0 Å². The van der Waals surface area contributed by atoms with E-state index in [4.69, 9.17) is 20.4 Å². The standard InChI is InChI=1S/C6H8O6.CH4S/c7-1-2(8)5-3(9)4(10)6(11)12-5;1-2/h2,5,7-10H,1H2;2H,1H3/t2?,5-;/m1./s1. The predicted octanol–water partition coefficient (Wildman–Crippen LogP) is -0.861. The number of aliphatic hydroxyl groups excluding tert-OH is 4. The van der Waals surface area contributed by atoms with Crippen molar-refractivity contribution in [2.45, 2.75) is 12.2 Å². The van der Waals surface area contributed by atoms with Crippen molar-refractivity contribution in [1.82, 2.24) is 0 Å². The third-order valence-electron chi connectivity index (χ3n) is 1.48. The molecule has 82 valence electrons. The van der Waals surface area contributed by atoms with Crippen LogP contribution < -0.4 is 0 Å². The number of cyclic esters (lactones) is 1. The van der Waals surface area contributed by atoms with Gasteiger partial charge in [0.05, 0.1) is 6.61 Å². The number of hydrogen-bond donors (Lipinski definition) is 5. The van der Waals surface area contributed by atoms with Gasteiger partial charge in [0, 0.05) is 0 Å². The maximum Gasteiger partial charge on any atom is 0.377 e. The lowest BCUT2D eigenvalue weighted by molar-refractivity contribution is -0.147. The maximum absolute atomic E-state index is 10.5. The van der Waals surface area contributed by atoms with E-state index in [1.807, 2.05) is 0 Å². The van der Waals surface area contributed by atoms with Gasteiger partial charge in [-0.1, -0.05) is 0 Å². The summed E-state index contributed by atoms with van der Waals surface area (Å²) in [5.74, 6) is -2.78. The second-order valence-electron chi connectivity index (χ2n) is 2.31. The Morgan fingerprint density at radius 1 is 1.50 bits per heavy atom. The van der Waals surface area contributed by atoms with E-state index in [9.17, 15) is 4.79 Å². The highest BCUT2D eigenvalue weighted by molar-refractivity contribution is 7.79. The lowest BCUT2D eigenvalue weighted by atomic mass is 10.2. The Balaban J connectivity index is 0.000000791. The minimum Gasteiger partial charge on any atom is -0.505 e. The molecule has 2 atom stereocenters. The average Bonchev–Trinajstić information content (AvgIpc) is 2.48. The molecule has 1 heterocycles. The first-order valence-electron chi connectivity index (χ1n) is 3.64. The summed E-state index contributed by atoms with van der Waals surface area (Å²) >= 11 is 3.53. The molecule has 14 heavy (non-hydrogen) atoms. The van der Waals surface area contributed by atoms with Gasteiger partial charge in [-0.15, -0.1) is 0 Å². The molecule has 0 bridgehead atoms. The molecule has 1 aliphatic heterocycles. The molecule has 4 N–H and O–H groups in total. The molecule has 0 aromatic rings. The van der Waals surface area contributed by atoms with Gasteiger partial charge in [-0.25, -0.2) is 4.79 Å². The van der Waals surface area contributed by atoms with Gasteiger partial charge in [0.15, 0.2) is 11.9 Å². The van der Waals surface area contributed by atoms with Crippen molar-refractivity contribution in [3.05, 3.63) is 11.5 Å². The lowest BCUT2D eigenvalue weighted by Crippen LogP contribution is -2.31. The molecule has 1 rings (SSSR count). The quantitative estimate of drug-likeness (QED) is 0.308. The van der Waals surface area contributed by atoms with Crippen LogP contribution >= 0.6 is 12.6 Å². The van der Waals surface area contributed by atoms with Crippen molar-refractivity contribution in [1.29, 1.82) is 0 Å². The fourth-order valence-corrected chi connectivity index (χ4v) is 0.823. The Labute approximate surface area is 85.8 Å². The highest BCUT2D eigenvalue weighted by atomic mass is 32.1. The number of carbonyl (C=O) groups excluding carboxylic acids is 1. The summed E-state index contributed by atoms with van der Waals surface area (Å²) in [6.07, 6.45) is -1.08. The molecular weight excluding hydrogens is 212 g/mol. The van der Waals surface area contributed by atoms with Crippen molar-refractivity contribution in [2.24, 2.45) is 0 Å². The van der Waals surface area contributed by atoms with Crippen LogP contribution in [-0.4, -0.2) is 51.5 Å². The van der Waals surface area contributed by atoms with Crippen LogP contribution in [0.2, 0.25) is 0 Å². The molecule has 1 unspecified atom stereocenters. The van der Waals surface area contributed by atoms with E-state index in [1.165, 1.54) is 0 Å². The molecule has 0 aromatic carbocycles. The molecule has 6 nitrogen and oxygen atoms in total. The molecule has 0 amide bonds. The third kappa shape index (κ3) is 2.53. The van der Waals surface area contributed by atoms with E-state index in [1.54, 1.807) is 6.26 Å². The summed E-state index contributed by atoms with van der Waals surface area (Å²) in [6.45, 7) is -0.671. The second-order valence-corrected chi connectivity index (χ2v) is 2.31. The Morgan fingerprint density at radius 2 is 2.00 bits per heavy atom. The van der Waals surface area contributed by atoms with Gasteiger partial charge in [0.25, 0.3) is 0 Å². The smallest absolute Gasteiger partial charge is 0.377 e. The van der Waals surface area contributed by atoms with Crippen LogP contribution in [0.5, 0.6) is 0 Å². The molecular formula is C7H12O6S. The summed E-state index contributed by atoms with van der Waals surface area (Å²) < 4.78 is 4.32. The van der Waals surface area contributed by atoms with Crippen LogP contribution in [0.4, 0.5) is 0 Å². The van der Waals surface area contributed by atoms with Crippen LogP contribution in [0.15, 0.2) is 11.5 Å². The molecule has 0 radical (unpaired) electrons. The van der Waals surface area contributed by atoms with Crippen molar-refractivity contribution in [3.8, 4) is 0 Å². The number of aliphatic hydroxyl groups is 4. The number of esters is 1. The Kier molecular flexibility index (Phi) is 5.36. The summed E-state index contributed by atoms with van der Waals surface area (Å²) in [5, 5.41) is 35.0. The SMILES string of the molecule is CS.O=C1O[C@H](C(O)CO)C(O)=C1O. The summed E-state index contributed by atoms with van der Waals surface area (Å²) in [6, 6.07) is 0. The minimum atomic E-state index is -1.42. The Bertz CT molecular complexity index is 238. The topological polar surface area (TPSA) is 107 Å². The third-order valence-corrected chi connectivity index (χ3v) is 1.48. The van der Waals surface area contributed by atoms with E-state index in [2.05, 4.69) is 17.4 Å². The maximum atomic E-state index is 10.5. The summed E-state index contributed by atoms with van der Waals surface area (Å²) in [5.41, 5.74) is 0. The van der Waals surface area contributed by atoms with Gasteiger partial charge in [-0.3, -0.25) is 0 Å². The van der Waals surface area contributed by atoms with Crippen molar-refractivity contribution >= 4 is 18.6 Å². The van der Waals surface area contributed by atoms with Crippen LogP contribution in [0, 0.1) is 0 Å². The monoisotopic (exact) mass is 224 g/mol.